The molecule has 2 aromatic carbocycles. The van der Waals surface area contributed by atoms with Gasteiger partial charge < -0.3 is 10.6 Å². The highest BCUT2D eigenvalue weighted by atomic mass is 32.1. The Balaban J connectivity index is 1.61. The first-order valence-corrected chi connectivity index (χ1v) is 8.25. The molecule has 2 N–H and O–H groups in total. The van der Waals surface area contributed by atoms with E-state index in [9.17, 15) is 9.18 Å². The summed E-state index contributed by atoms with van der Waals surface area (Å²) in [4.78, 5) is 17.5. The van der Waals surface area contributed by atoms with Gasteiger partial charge in [0, 0.05) is 16.1 Å². The molecule has 4 nitrogen and oxygen atoms in total. The van der Waals surface area contributed by atoms with Crippen LogP contribution < -0.4 is 10.6 Å². The van der Waals surface area contributed by atoms with Crippen molar-refractivity contribution in [3.63, 3.8) is 0 Å². The van der Waals surface area contributed by atoms with Crippen LogP contribution in [0.2, 0.25) is 0 Å². The van der Waals surface area contributed by atoms with Gasteiger partial charge in [-0.1, -0.05) is 30.3 Å². The summed E-state index contributed by atoms with van der Waals surface area (Å²) in [5, 5.41) is 6.39. The van der Waals surface area contributed by atoms with Crippen LogP contribution in [0.25, 0.3) is 10.6 Å². The molecular formula is C18H16FN3OS. The molecule has 24 heavy (non-hydrogen) atoms. The summed E-state index contributed by atoms with van der Waals surface area (Å²) in [6, 6.07) is 15.2. The number of halogens is 1. The number of aromatic nitrogens is 1. The molecular weight excluding hydrogens is 325 g/mol. The van der Waals surface area contributed by atoms with Gasteiger partial charge in [0.2, 0.25) is 0 Å². The lowest BCUT2D eigenvalue weighted by Crippen LogP contribution is -2.28. The minimum absolute atomic E-state index is 0.337. The standard InChI is InChI=1S/C18H16FN3OS/c1-12-16(24-17(21-12)13-5-3-2-4-6-13)11-20-18(23)22-15-9-7-14(19)8-10-15/h2-10H,11H2,1H3,(H2,20,22,23). The van der Waals surface area contributed by atoms with Crippen LogP contribution >= 0.6 is 11.3 Å². The fourth-order valence-corrected chi connectivity index (χ4v) is 3.17. The van der Waals surface area contributed by atoms with E-state index in [1.54, 1.807) is 11.3 Å². The van der Waals surface area contributed by atoms with Crippen LogP contribution in [-0.2, 0) is 6.54 Å². The predicted molar refractivity (Wildman–Crippen MR) is 94.5 cm³/mol. The monoisotopic (exact) mass is 341 g/mol. The van der Waals surface area contributed by atoms with Gasteiger partial charge in [-0.3, -0.25) is 0 Å². The predicted octanol–water partition coefficient (Wildman–Crippen LogP) is 4.58. The maximum atomic E-state index is 12.8. The first-order valence-electron chi connectivity index (χ1n) is 7.44. The molecule has 3 aromatic rings. The molecule has 0 saturated heterocycles. The van der Waals surface area contributed by atoms with Crippen molar-refractivity contribution < 1.29 is 9.18 Å². The van der Waals surface area contributed by atoms with Gasteiger partial charge >= 0.3 is 6.03 Å². The quantitative estimate of drug-likeness (QED) is 0.730. The average Bonchev–Trinajstić information content (AvgIpc) is 2.97. The molecule has 0 bridgehead atoms. The number of urea groups is 1. The minimum Gasteiger partial charge on any atom is -0.333 e. The number of carbonyl (C=O) groups is 1. The summed E-state index contributed by atoms with van der Waals surface area (Å²) >= 11 is 1.56. The van der Waals surface area contributed by atoms with Crippen molar-refractivity contribution in [3.05, 3.63) is 71.0 Å². The smallest absolute Gasteiger partial charge is 0.319 e. The Morgan fingerprint density at radius 3 is 2.54 bits per heavy atom. The normalized spacial score (nSPS) is 10.4. The van der Waals surface area contributed by atoms with Crippen molar-refractivity contribution >= 4 is 23.1 Å². The van der Waals surface area contributed by atoms with Gasteiger partial charge in [-0.15, -0.1) is 11.3 Å². The van der Waals surface area contributed by atoms with Gasteiger partial charge in [0.15, 0.2) is 0 Å². The molecule has 1 heterocycles. The number of aryl methyl sites for hydroxylation is 1. The summed E-state index contributed by atoms with van der Waals surface area (Å²) in [5.41, 5.74) is 2.51. The summed E-state index contributed by atoms with van der Waals surface area (Å²) < 4.78 is 12.8. The zero-order valence-corrected chi connectivity index (χ0v) is 13.9. The Bertz CT molecular complexity index is 831. The van der Waals surface area contributed by atoms with Gasteiger partial charge in [0.05, 0.1) is 12.2 Å². The number of benzene rings is 2. The fourth-order valence-electron chi connectivity index (χ4n) is 2.17. The lowest BCUT2D eigenvalue weighted by molar-refractivity contribution is 0.252. The Morgan fingerprint density at radius 2 is 1.83 bits per heavy atom. The first kappa shape index (κ1) is 16.1. The highest BCUT2D eigenvalue weighted by Gasteiger charge is 2.10. The van der Waals surface area contributed by atoms with Gasteiger partial charge in [0.25, 0.3) is 0 Å². The van der Waals surface area contributed by atoms with E-state index >= 15 is 0 Å². The van der Waals surface area contributed by atoms with Crippen LogP contribution in [0.5, 0.6) is 0 Å². The van der Waals surface area contributed by atoms with Gasteiger partial charge in [-0.2, -0.15) is 0 Å². The van der Waals surface area contributed by atoms with E-state index in [1.165, 1.54) is 24.3 Å². The van der Waals surface area contributed by atoms with E-state index < -0.39 is 0 Å². The Kier molecular flexibility index (Phi) is 4.86. The molecule has 0 atom stereocenters. The number of hydrogen-bond acceptors (Lipinski definition) is 3. The lowest BCUT2D eigenvalue weighted by atomic mass is 10.2. The third kappa shape index (κ3) is 3.97. The van der Waals surface area contributed by atoms with Crippen molar-refractivity contribution in [2.75, 3.05) is 5.32 Å². The van der Waals surface area contributed by atoms with Crippen LogP contribution in [0.4, 0.5) is 14.9 Å². The van der Waals surface area contributed by atoms with E-state index in [2.05, 4.69) is 15.6 Å². The van der Waals surface area contributed by atoms with Crippen LogP contribution in [0.3, 0.4) is 0 Å². The largest absolute Gasteiger partial charge is 0.333 e. The van der Waals surface area contributed by atoms with Crippen LogP contribution in [0.15, 0.2) is 54.6 Å². The number of thiazole rings is 1. The molecule has 0 fully saturated rings. The number of carbonyl (C=O) groups excluding carboxylic acids is 1. The number of nitrogens with zero attached hydrogens (tertiary/aromatic N) is 1. The summed E-state index contributed by atoms with van der Waals surface area (Å²) in [6.45, 7) is 2.32. The molecule has 2 amide bonds. The third-order valence-corrected chi connectivity index (χ3v) is 4.63. The second-order valence-corrected chi connectivity index (χ2v) is 6.29. The molecule has 0 saturated carbocycles. The molecule has 0 spiro atoms. The molecule has 3 rings (SSSR count). The summed E-state index contributed by atoms with van der Waals surface area (Å²) in [6.07, 6.45) is 0. The highest BCUT2D eigenvalue weighted by molar-refractivity contribution is 7.15. The second-order valence-electron chi connectivity index (χ2n) is 5.21. The topological polar surface area (TPSA) is 54.0 Å². The number of hydrogen-bond donors (Lipinski definition) is 2. The maximum Gasteiger partial charge on any atom is 0.319 e. The molecule has 6 heteroatoms. The van der Waals surface area contributed by atoms with Crippen molar-refractivity contribution in [2.24, 2.45) is 0 Å². The van der Waals surface area contributed by atoms with Gasteiger partial charge in [0.1, 0.15) is 10.8 Å². The van der Waals surface area contributed by atoms with Crippen LogP contribution in [0, 0.1) is 12.7 Å². The SMILES string of the molecule is Cc1nc(-c2ccccc2)sc1CNC(=O)Nc1ccc(F)cc1. The average molecular weight is 341 g/mol. The third-order valence-electron chi connectivity index (χ3n) is 3.42. The maximum absolute atomic E-state index is 12.8. The van der Waals surface area contributed by atoms with Crippen molar-refractivity contribution in [1.82, 2.24) is 10.3 Å². The minimum atomic E-state index is -0.338. The van der Waals surface area contributed by atoms with Gasteiger partial charge in [-0.25, -0.2) is 14.2 Å². The fraction of sp³-hybridized carbons (Fsp3) is 0.111. The molecule has 0 radical (unpaired) electrons. The van der Waals surface area contributed by atoms with E-state index in [1.807, 2.05) is 37.3 Å². The van der Waals surface area contributed by atoms with Crippen molar-refractivity contribution in [2.45, 2.75) is 13.5 Å². The molecule has 122 valence electrons. The second kappa shape index (κ2) is 7.23. The summed E-state index contributed by atoms with van der Waals surface area (Å²) in [7, 11) is 0. The molecule has 0 unspecified atom stereocenters. The van der Waals surface area contributed by atoms with E-state index in [0.717, 1.165) is 21.1 Å². The van der Waals surface area contributed by atoms with Crippen LogP contribution in [-0.4, -0.2) is 11.0 Å². The summed E-state index contributed by atoms with van der Waals surface area (Å²) in [5.74, 6) is -0.338. The number of amides is 2. The highest BCUT2D eigenvalue weighted by Crippen LogP contribution is 2.27. The molecule has 1 aromatic heterocycles. The van der Waals surface area contributed by atoms with Gasteiger partial charge in [-0.05, 0) is 31.2 Å². The Morgan fingerprint density at radius 1 is 1.12 bits per heavy atom. The van der Waals surface area contributed by atoms with E-state index in [-0.39, 0.29) is 11.8 Å². The van der Waals surface area contributed by atoms with Crippen LogP contribution in [0.1, 0.15) is 10.6 Å². The molecule has 0 aliphatic carbocycles. The van der Waals surface area contributed by atoms with Crippen molar-refractivity contribution in [3.8, 4) is 10.6 Å². The molecule has 0 aliphatic rings. The Hall–Kier alpha value is -2.73. The Labute approximate surface area is 143 Å². The zero-order valence-electron chi connectivity index (χ0n) is 13.0. The number of anilines is 1. The zero-order chi connectivity index (χ0) is 16.9. The number of rotatable bonds is 4. The van der Waals surface area contributed by atoms with E-state index in [4.69, 9.17) is 0 Å². The molecule has 0 aliphatic heterocycles. The number of nitrogens with one attached hydrogen (secondary N) is 2. The van der Waals surface area contributed by atoms with Crippen molar-refractivity contribution in [1.29, 1.82) is 0 Å². The first-order chi connectivity index (χ1) is 11.6. The van der Waals surface area contributed by atoms with E-state index in [0.29, 0.717) is 12.2 Å². The lowest BCUT2D eigenvalue weighted by Gasteiger charge is -2.06.